The molecule has 3 heteroatoms. The normalized spacial score (nSPS) is 11.1. The summed E-state index contributed by atoms with van der Waals surface area (Å²) in [5.41, 5.74) is 3.64. The lowest BCUT2D eigenvalue weighted by Gasteiger charge is -2.08. The molecule has 16 heavy (non-hydrogen) atoms. The second kappa shape index (κ2) is 4.42. The van der Waals surface area contributed by atoms with Crippen LogP contribution in [-0.4, -0.2) is 9.78 Å². The minimum absolute atomic E-state index is 0.407. The molecule has 0 amide bonds. The minimum atomic E-state index is 0.407. The van der Waals surface area contributed by atoms with Gasteiger partial charge in [0.15, 0.2) is 0 Å². The van der Waals surface area contributed by atoms with Crippen LogP contribution in [0.25, 0.3) is 11.1 Å². The van der Waals surface area contributed by atoms with Gasteiger partial charge in [-0.25, -0.2) is 0 Å². The molecule has 2 aromatic rings. The second-order valence-electron chi connectivity index (χ2n) is 4.19. The molecular weight excluding hydrogens is 264 g/mol. The summed E-state index contributed by atoms with van der Waals surface area (Å²) in [6, 6.07) is 8.74. The standard InChI is InChI=1S/C13H15BrN2/c1-9(2)16-10(3)13(8-15-16)11-4-6-12(14)7-5-11/h4-9H,1-3H3. The van der Waals surface area contributed by atoms with E-state index in [9.17, 15) is 0 Å². The summed E-state index contributed by atoms with van der Waals surface area (Å²) in [4.78, 5) is 0. The monoisotopic (exact) mass is 278 g/mol. The summed E-state index contributed by atoms with van der Waals surface area (Å²) in [6.07, 6.45) is 1.94. The first-order valence-electron chi connectivity index (χ1n) is 5.39. The fraction of sp³-hybridized carbons (Fsp3) is 0.308. The van der Waals surface area contributed by atoms with Gasteiger partial charge in [0.2, 0.25) is 0 Å². The highest BCUT2D eigenvalue weighted by atomic mass is 79.9. The number of benzene rings is 1. The Balaban J connectivity index is 2.45. The molecule has 0 spiro atoms. The van der Waals surface area contributed by atoms with Crippen molar-refractivity contribution < 1.29 is 0 Å². The quantitative estimate of drug-likeness (QED) is 0.805. The summed E-state index contributed by atoms with van der Waals surface area (Å²) in [7, 11) is 0. The van der Waals surface area contributed by atoms with Crippen LogP contribution >= 0.6 is 15.9 Å². The Hall–Kier alpha value is -1.09. The van der Waals surface area contributed by atoms with Gasteiger partial charge in [0.25, 0.3) is 0 Å². The largest absolute Gasteiger partial charge is 0.267 e. The van der Waals surface area contributed by atoms with Crippen LogP contribution in [0.4, 0.5) is 0 Å². The van der Waals surface area contributed by atoms with Crippen LogP contribution in [0.15, 0.2) is 34.9 Å². The Morgan fingerprint density at radius 3 is 2.31 bits per heavy atom. The van der Waals surface area contributed by atoms with Crippen LogP contribution in [-0.2, 0) is 0 Å². The van der Waals surface area contributed by atoms with Crippen LogP contribution in [0.5, 0.6) is 0 Å². The minimum Gasteiger partial charge on any atom is -0.267 e. The molecule has 0 fully saturated rings. The molecule has 0 atom stereocenters. The predicted molar refractivity (Wildman–Crippen MR) is 70.5 cm³/mol. The molecule has 84 valence electrons. The van der Waals surface area contributed by atoms with Crippen LogP contribution in [0.1, 0.15) is 25.6 Å². The highest BCUT2D eigenvalue weighted by Crippen LogP contribution is 2.25. The van der Waals surface area contributed by atoms with Crippen molar-refractivity contribution in [2.24, 2.45) is 0 Å². The molecule has 0 aliphatic heterocycles. The Labute approximate surface area is 104 Å². The van der Waals surface area contributed by atoms with E-state index in [1.165, 1.54) is 16.8 Å². The third kappa shape index (κ3) is 2.05. The van der Waals surface area contributed by atoms with E-state index in [-0.39, 0.29) is 0 Å². The van der Waals surface area contributed by atoms with Crippen LogP contribution in [0.2, 0.25) is 0 Å². The summed E-state index contributed by atoms with van der Waals surface area (Å²) in [5.74, 6) is 0. The first-order chi connectivity index (χ1) is 7.59. The van der Waals surface area contributed by atoms with E-state index in [2.05, 4.69) is 70.7 Å². The molecule has 0 aliphatic carbocycles. The third-order valence-electron chi connectivity index (χ3n) is 2.69. The van der Waals surface area contributed by atoms with E-state index in [0.717, 1.165) is 4.47 Å². The average molecular weight is 279 g/mol. The molecule has 1 heterocycles. The summed E-state index contributed by atoms with van der Waals surface area (Å²) < 4.78 is 3.15. The molecule has 0 bridgehead atoms. The van der Waals surface area contributed by atoms with Crippen molar-refractivity contribution in [3.05, 3.63) is 40.6 Å². The highest BCUT2D eigenvalue weighted by Gasteiger charge is 2.09. The molecule has 2 rings (SSSR count). The maximum atomic E-state index is 4.42. The SMILES string of the molecule is Cc1c(-c2ccc(Br)cc2)cnn1C(C)C. The van der Waals surface area contributed by atoms with Crippen LogP contribution < -0.4 is 0 Å². The summed E-state index contributed by atoms with van der Waals surface area (Å²) in [6.45, 7) is 6.40. The van der Waals surface area contributed by atoms with E-state index in [1.54, 1.807) is 0 Å². The van der Waals surface area contributed by atoms with Gasteiger partial charge >= 0.3 is 0 Å². The molecule has 0 unspecified atom stereocenters. The van der Waals surface area contributed by atoms with E-state index >= 15 is 0 Å². The Bertz CT molecular complexity index is 483. The van der Waals surface area contributed by atoms with E-state index in [4.69, 9.17) is 0 Å². The third-order valence-corrected chi connectivity index (χ3v) is 3.22. The Morgan fingerprint density at radius 2 is 1.81 bits per heavy atom. The second-order valence-corrected chi connectivity index (χ2v) is 5.10. The van der Waals surface area contributed by atoms with Crippen molar-refractivity contribution in [2.45, 2.75) is 26.8 Å². The van der Waals surface area contributed by atoms with Crippen molar-refractivity contribution in [3.63, 3.8) is 0 Å². The molecule has 2 nitrogen and oxygen atoms in total. The van der Waals surface area contributed by atoms with Gasteiger partial charge in [-0.1, -0.05) is 28.1 Å². The lowest BCUT2D eigenvalue weighted by atomic mass is 10.1. The lowest BCUT2D eigenvalue weighted by Crippen LogP contribution is -2.04. The summed E-state index contributed by atoms with van der Waals surface area (Å²) >= 11 is 3.44. The molecule has 1 aromatic carbocycles. The zero-order chi connectivity index (χ0) is 11.7. The van der Waals surface area contributed by atoms with E-state index < -0.39 is 0 Å². The van der Waals surface area contributed by atoms with E-state index in [0.29, 0.717) is 6.04 Å². The van der Waals surface area contributed by atoms with Crippen LogP contribution in [0, 0.1) is 6.92 Å². The number of halogens is 1. The van der Waals surface area contributed by atoms with E-state index in [1.807, 2.05) is 6.20 Å². The molecular formula is C13H15BrN2. The van der Waals surface area contributed by atoms with Crippen molar-refractivity contribution in [3.8, 4) is 11.1 Å². The molecule has 0 N–H and O–H groups in total. The van der Waals surface area contributed by atoms with Crippen LogP contribution in [0.3, 0.4) is 0 Å². The van der Waals surface area contributed by atoms with Gasteiger partial charge in [0.05, 0.1) is 6.20 Å². The van der Waals surface area contributed by atoms with Crippen molar-refractivity contribution in [1.82, 2.24) is 9.78 Å². The highest BCUT2D eigenvalue weighted by molar-refractivity contribution is 9.10. The van der Waals surface area contributed by atoms with Crippen molar-refractivity contribution in [1.29, 1.82) is 0 Å². The zero-order valence-electron chi connectivity index (χ0n) is 9.74. The number of aromatic nitrogens is 2. The molecule has 0 aliphatic rings. The summed E-state index contributed by atoms with van der Waals surface area (Å²) in [5, 5.41) is 4.42. The van der Waals surface area contributed by atoms with Gasteiger partial charge in [-0.15, -0.1) is 0 Å². The lowest BCUT2D eigenvalue weighted by molar-refractivity contribution is 0.519. The molecule has 0 radical (unpaired) electrons. The van der Waals surface area contributed by atoms with Gasteiger partial charge in [-0.3, -0.25) is 4.68 Å². The molecule has 0 saturated carbocycles. The van der Waals surface area contributed by atoms with Gasteiger partial charge in [0.1, 0.15) is 0 Å². The maximum absolute atomic E-state index is 4.42. The topological polar surface area (TPSA) is 17.8 Å². The maximum Gasteiger partial charge on any atom is 0.0571 e. The fourth-order valence-electron chi connectivity index (χ4n) is 1.86. The van der Waals surface area contributed by atoms with Gasteiger partial charge in [-0.2, -0.15) is 5.10 Å². The first kappa shape index (κ1) is 11.4. The van der Waals surface area contributed by atoms with Gasteiger partial charge in [-0.05, 0) is 38.5 Å². The molecule has 1 aromatic heterocycles. The number of rotatable bonds is 2. The number of hydrogen-bond acceptors (Lipinski definition) is 1. The first-order valence-corrected chi connectivity index (χ1v) is 6.19. The van der Waals surface area contributed by atoms with Gasteiger partial charge < -0.3 is 0 Å². The van der Waals surface area contributed by atoms with Gasteiger partial charge in [0, 0.05) is 21.8 Å². The fourth-order valence-corrected chi connectivity index (χ4v) is 2.12. The number of hydrogen-bond donors (Lipinski definition) is 0. The number of nitrogens with zero attached hydrogens (tertiary/aromatic N) is 2. The Morgan fingerprint density at radius 1 is 1.19 bits per heavy atom. The predicted octanol–water partition coefficient (Wildman–Crippen LogP) is 4.20. The Kier molecular flexibility index (Phi) is 3.15. The smallest absolute Gasteiger partial charge is 0.0571 e. The molecule has 0 saturated heterocycles. The zero-order valence-corrected chi connectivity index (χ0v) is 11.3. The average Bonchev–Trinajstić information content (AvgIpc) is 2.61. The van der Waals surface area contributed by atoms with Crippen molar-refractivity contribution >= 4 is 15.9 Å². The van der Waals surface area contributed by atoms with Crippen molar-refractivity contribution in [2.75, 3.05) is 0 Å².